The van der Waals surface area contributed by atoms with E-state index in [2.05, 4.69) is 33.9 Å². The molecule has 0 radical (unpaired) electrons. The second-order valence-corrected chi connectivity index (χ2v) is 11.4. The lowest BCUT2D eigenvalue weighted by Crippen LogP contribution is -2.36. The van der Waals surface area contributed by atoms with Crippen LogP contribution in [0.15, 0.2) is 30.5 Å². The number of carbonyl (C=O) groups excluding carboxylic acids is 1. The third kappa shape index (κ3) is 4.39. The van der Waals surface area contributed by atoms with E-state index in [-0.39, 0.29) is 5.91 Å². The zero-order chi connectivity index (χ0) is 26.5. The van der Waals surface area contributed by atoms with Crippen LogP contribution in [0.4, 0.5) is 11.5 Å². The van der Waals surface area contributed by atoms with Crippen molar-refractivity contribution in [1.29, 1.82) is 5.26 Å². The maximum absolute atomic E-state index is 12.3. The monoisotopic (exact) mass is 522 g/mol. The quantitative estimate of drug-likeness (QED) is 0.477. The zero-order valence-electron chi connectivity index (χ0n) is 22.5. The third-order valence-electron chi connectivity index (χ3n) is 8.85. The Labute approximate surface area is 229 Å². The number of nitrogens with zero attached hydrogens (tertiary/aromatic N) is 6. The number of aryl methyl sites for hydroxylation is 1. The predicted molar refractivity (Wildman–Crippen MR) is 148 cm³/mol. The summed E-state index contributed by atoms with van der Waals surface area (Å²) in [5, 5.41) is 15.4. The molecule has 39 heavy (non-hydrogen) atoms. The number of rotatable bonds is 4. The molecule has 1 amide bonds. The van der Waals surface area contributed by atoms with Gasteiger partial charge in [0, 0.05) is 85.5 Å². The lowest BCUT2D eigenvalue weighted by Gasteiger charge is -2.33. The fourth-order valence-corrected chi connectivity index (χ4v) is 6.51. The maximum Gasteiger partial charge on any atom is 0.219 e. The number of anilines is 2. The van der Waals surface area contributed by atoms with Crippen LogP contribution in [0.2, 0.25) is 0 Å². The fraction of sp³-hybridized carbons (Fsp3) is 0.484. The summed E-state index contributed by atoms with van der Waals surface area (Å²) in [6.45, 7) is 5.31. The Morgan fingerprint density at radius 3 is 2.67 bits per heavy atom. The lowest BCUT2D eigenvalue weighted by molar-refractivity contribution is -0.129. The van der Waals surface area contributed by atoms with Gasteiger partial charge in [-0.05, 0) is 62.3 Å². The second-order valence-electron chi connectivity index (χ2n) is 11.4. The van der Waals surface area contributed by atoms with Crippen LogP contribution in [0.5, 0.6) is 0 Å². The summed E-state index contributed by atoms with van der Waals surface area (Å²) in [4.78, 5) is 21.3. The standard InChI is InChI=1S/C31H34N6O2/c1-20(38)35-12-8-29-27(19-35)31(34-37(29)25-9-13-39-14-10-25)36-11-2-3-22-15-26(24(17-32)16-30(22)36)23-6-7-28(33-18-23)21-4-5-21/h6-7,15-16,18,21,25H,2-5,8-14,19H2,1H3. The summed E-state index contributed by atoms with van der Waals surface area (Å²) < 4.78 is 7.88. The number of benzene rings is 1. The summed E-state index contributed by atoms with van der Waals surface area (Å²) in [6.07, 6.45) is 9.07. The number of aromatic nitrogens is 3. The van der Waals surface area contributed by atoms with Gasteiger partial charge in [0.2, 0.25) is 5.91 Å². The van der Waals surface area contributed by atoms with Crippen molar-refractivity contribution < 1.29 is 9.53 Å². The molecule has 8 heteroatoms. The van der Waals surface area contributed by atoms with Gasteiger partial charge in [-0.2, -0.15) is 10.4 Å². The highest BCUT2D eigenvalue weighted by Crippen LogP contribution is 2.43. The van der Waals surface area contributed by atoms with Gasteiger partial charge in [-0.1, -0.05) is 6.07 Å². The van der Waals surface area contributed by atoms with Gasteiger partial charge < -0.3 is 14.5 Å². The van der Waals surface area contributed by atoms with Gasteiger partial charge >= 0.3 is 0 Å². The number of fused-ring (bicyclic) bond motifs is 2. The van der Waals surface area contributed by atoms with Crippen molar-refractivity contribution in [2.45, 2.75) is 70.4 Å². The first kappa shape index (κ1) is 24.3. The molecular weight excluding hydrogens is 488 g/mol. The molecule has 1 saturated carbocycles. The molecule has 0 spiro atoms. The van der Waals surface area contributed by atoms with Crippen LogP contribution < -0.4 is 4.90 Å². The van der Waals surface area contributed by atoms with Gasteiger partial charge in [-0.3, -0.25) is 14.5 Å². The molecule has 1 saturated heterocycles. The van der Waals surface area contributed by atoms with E-state index >= 15 is 0 Å². The Hall–Kier alpha value is -3.70. The average Bonchev–Trinajstić information content (AvgIpc) is 3.77. The minimum atomic E-state index is 0.0992. The minimum absolute atomic E-state index is 0.0992. The Morgan fingerprint density at radius 2 is 1.95 bits per heavy atom. The second kappa shape index (κ2) is 9.80. The number of hydrogen-bond donors (Lipinski definition) is 0. The van der Waals surface area contributed by atoms with Gasteiger partial charge in [-0.15, -0.1) is 0 Å². The van der Waals surface area contributed by atoms with Crippen LogP contribution in [0.1, 0.15) is 79.1 Å². The van der Waals surface area contributed by atoms with Crippen molar-refractivity contribution >= 4 is 17.4 Å². The molecule has 0 unspecified atom stereocenters. The molecule has 0 bridgehead atoms. The number of ether oxygens (including phenoxy) is 1. The first-order valence-corrected chi connectivity index (χ1v) is 14.3. The van der Waals surface area contributed by atoms with E-state index in [0.29, 0.717) is 24.1 Å². The largest absolute Gasteiger partial charge is 0.381 e. The Balaban J connectivity index is 1.30. The normalized spacial score (nSPS) is 19.4. The highest BCUT2D eigenvalue weighted by Gasteiger charge is 2.34. The molecule has 4 aliphatic rings. The summed E-state index contributed by atoms with van der Waals surface area (Å²) in [5.41, 5.74) is 8.45. The van der Waals surface area contributed by atoms with Crippen molar-refractivity contribution in [3.05, 3.63) is 58.5 Å². The molecule has 3 aromatic rings. The summed E-state index contributed by atoms with van der Waals surface area (Å²) in [7, 11) is 0. The Morgan fingerprint density at radius 1 is 1.10 bits per heavy atom. The van der Waals surface area contributed by atoms with Crippen molar-refractivity contribution in [1.82, 2.24) is 19.7 Å². The van der Waals surface area contributed by atoms with Gasteiger partial charge in [0.25, 0.3) is 0 Å². The highest BCUT2D eigenvalue weighted by molar-refractivity contribution is 5.79. The van der Waals surface area contributed by atoms with Crippen LogP contribution >= 0.6 is 0 Å². The highest BCUT2D eigenvalue weighted by atomic mass is 16.5. The molecule has 7 rings (SSSR count). The van der Waals surface area contributed by atoms with Crippen molar-refractivity contribution in [3.63, 3.8) is 0 Å². The van der Waals surface area contributed by atoms with Gasteiger partial charge in [0.1, 0.15) is 0 Å². The predicted octanol–water partition coefficient (Wildman–Crippen LogP) is 5.03. The topological polar surface area (TPSA) is 87.3 Å². The smallest absolute Gasteiger partial charge is 0.219 e. The average molecular weight is 523 g/mol. The van der Waals surface area contributed by atoms with Crippen LogP contribution in [0, 0.1) is 11.3 Å². The Bertz CT molecular complexity index is 1460. The van der Waals surface area contributed by atoms with Crippen LogP contribution in [-0.4, -0.2) is 51.9 Å². The lowest BCUT2D eigenvalue weighted by atomic mass is 9.92. The fourth-order valence-electron chi connectivity index (χ4n) is 6.51. The first-order valence-electron chi connectivity index (χ1n) is 14.3. The number of carbonyl (C=O) groups is 1. The van der Waals surface area contributed by atoms with E-state index in [1.54, 1.807) is 6.92 Å². The first-order chi connectivity index (χ1) is 19.1. The van der Waals surface area contributed by atoms with E-state index in [0.717, 1.165) is 92.3 Å². The third-order valence-corrected chi connectivity index (χ3v) is 8.85. The van der Waals surface area contributed by atoms with E-state index < -0.39 is 0 Å². The van der Waals surface area contributed by atoms with E-state index in [9.17, 15) is 10.1 Å². The molecule has 0 N–H and O–H groups in total. The SMILES string of the molecule is CC(=O)N1CCc2c(c(N3CCCc4cc(-c5ccc(C6CC6)nc5)c(C#N)cc43)nn2C2CCOCC2)C1. The van der Waals surface area contributed by atoms with E-state index in [1.165, 1.54) is 24.1 Å². The van der Waals surface area contributed by atoms with Gasteiger partial charge in [0.15, 0.2) is 5.82 Å². The van der Waals surface area contributed by atoms with Gasteiger partial charge in [-0.25, -0.2) is 0 Å². The summed E-state index contributed by atoms with van der Waals surface area (Å²) in [5.74, 6) is 1.65. The molecule has 1 aromatic carbocycles. The number of amides is 1. The van der Waals surface area contributed by atoms with E-state index in [4.69, 9.17) is 14.8 Å². The number of pyridine rings is 1. The van der Waals surface area contributed by atoms with Crippen LogP contribution in [-0.2, 0) is 28.9 Å². The van der Waals surface area contributed by atoms with Crippen LogP contribution in [0.25, 0.3) is 11.1 Å². The van der Waals surface area contributed by atoms with Gasteiger partial charge in [0.05, 0.1) is 24.2 Å². The molecule has 5 heterocycles. The zero-order valence-corrected chi connectivity index (χ0v) is 22.5. The summed E-state index contributed by atoms with van der Waals surface area (Å²) >= 11 is 0. The number of hydrogen-bond acceptors (Lipinski definition) is 6. The molecular formula is C31H34N6O2. The molecule has 0 atom stereocenters. The molecule has 3 aliphatic heterocycles. The van der Waals surface area contributed by atoms with E-state index in [1.807, 2.05) is 17.2 Å². The number of nitriles is 1. The Kier molecular flexibility index (Phi) is 6.12. The summed E-state index contributed by atoms with van der Waals surface area (Å²) in [6, 6.07) is 11.3. The molecule has 8 nitrogen and oxygen atoms in total. The molecule has 2 aromatic heterocycles. The molecule has 2 fully saturated rings. The van der Waals surface area contributed by atoms with Crippen molar-refractivity contribution in [2.24, 2.45) is 0 Å². The minimum Gasteiger partial charge on any atom is -0.381 e. The molecule has 200 valence electrons. The van der Waals surface area contributed by atoms with Crippen LogP contribution in [0.3, 0.4) is 0 Å². The maximum atomic E-state index is 12.3. The molecule has 1 aliphatic carbocycles. The van der Waals surface area contributed by atoms with Crippen molar-refractivity contribution in [2.75, 3.05) is 31.2 Å². The van der Waals surface area contributed by atoms with Crippen molar-refractivity contribution in [3.8, 4) is 17.2 Å².